The van der Waals surface area contributed by atoms with Gasteiger partial charge in [0.15, 0.2) is 0 Å². The topological polar surface area (TPSA) is 91.8 Å². The number of nitrogens with zero attached hydrogens (tertiary/aromatic N) is 3. The second-order valence-electron chi connectivity index (χ2n) is 4.99. The first-order chi connectivity index (χ1) is 11.1. The molecular formula is C15H20N4O4. The summed E-state index contributed by atoms with van der Waals surface area (Å²) in [6.45, 7) is 3.75. The fourth-order valence-electron chi connectivity index (χ4n) is 2.23. The molecular weight excluding hydrogens is 300 g/mol. The Balaban J connectivity index is 1.75. The van der Waals surface area contributed by atoms with Gasteiger partial charge >= 0.3 is 6.09 Å². The van der Waals surface area contributed by atoms with E-state index in [2.05, 4.69) is 10.3 Å². The summed E-state index contributed by atoms with van der Waals surface area (Å²) in [5.41, 5.74) is 0.458. The second kappa shape index (κ2) is 8.11. The lowest BCUT2D eigenvalue weighted by molar-refractivity contribution is -0.131. The molecule has 0 atom stereocenters. The largest absolute Gasteiger partial charge is 0.450 e. The molecule has 0 spiro atoms. The summed E-state index contributed by atoms with van der Waals surface area (Å²) < 4.78 is 4.93. The molecule has 2 heterocycles. The first-order valence-electron chi connectivity index (χ1n) is 7.49. The standard InChI is InChI=1S/C15H20N4O4/c1-2-23-15(22)19-9-7-18(8-10-19)13(20)11-17-14(21)12-3-5-16-6-4-12/h3-6H,2,7-11H2,1H3,(H,17,21). The molecule has 23 heavy (non-hydrogen) atoms. The average Bonchev–Trinajstić information content (AvgIpc) is 2.60. The third-order valence-electron chi connectivity index (χ3n) is 3.50. The van der Waals surface area contributed by atoms with Gasteiger partial charge in [-0.05, 0) is 19.1 Å². The van der Waals surface area contributed by atoms with E-state index in [1.807, 2.05) is 0 Å². The summed E-state index contributed by atoms with van der Waals surface area (Å²) in [5, 5.41) is 2.59. The Hall–Kier alpha value is -2.64. The summed E-state index contributed by atoms with van der Waals surface area (Å²) in [5.74, 6) is -0.484. The number of pyridine rings is 1. The van der Waals surface area contributed by atoms with Crippen LogP contribution in [0.2, 0.25) is 0 Å². The van der Waals surface area contributed by atoms with Crippen LogP contribution >= 0.6 is 0 Å². The molecule has 1 aliphatic heterocycles. The van der Waals surface area contributed by atoms with Gasteiger partial charge in [-0.2, -0.15) is 0 Å². The minimum Gasteiger partial charge on any atom is -0.450 e. The van der Waals surface area contributed by atoms with E-state index in [9.17, 15) is 14.4 Å². The van der Waals surface area contributed by atoms with Crippen LogP contribution in [0, 0.1) is 0 Å². The summed E-state index contributed by atoms with van der Waals surface area (Å²) in [4.78, 5) is 42.6. The smallest absolute Gasteiger partial charge is 0.409 e. The number of hydrogen-bond donors (Lipinski definition) is 1. The molecule has 1 fully saturated rings. The third-order valence-corrected chi connectivity index (χ3v) is 3.50. The predicted molar refractivity (Wildman–Crippen MR) is 81.7 cm³/mol. The molecule has 0 aromatic carbocycles. The number of rotatable bonds is 4. The van der Waals surface area contributed by atoms with Gasteiger partial charge in [-0.3, -0.25) is 14.6 Å². The molecule has 1 aliphatic rings. The molecule has 3 amide bonds. The van der Waals surface area contributed by atoms with Crippen LogP contribution in [0.15, 0.2) is 24.5 Å². The van der Waals surface area contributed by atoms with Crippen molar-refractivity contribution in [3.8, 4) is 0 Å². The zero-order chi connectivity index (χ0) is 16.7. The third kappa shape index (κ3) is 4.67. The number of piperazine rings is 1. The lowest BCUT2D eigenvalue weighted by Gasteiger charge is -2.34. The van der Waals surface area contributed by atoms with Crippen molar-refractivity contribution < 1.29 is 19.1 Å². The molecule has 2 rings (SSSR count). The quantitative estimate of drug-likeness (QED) is 0.850. The van der Waals surface area contributed by atoms with E-state index in [1.165, 1.54) is 12.4 Å². The van der Waals surface area contributed by atoms with Gasteiger partial charge in [-0.15, -0.1) is 0 Å². The van der Waals surface area contributed by atoms with Crippen LogP contribution in [-0.2, 0) is 9.53 Å². The van der Waals surface area contributed by atoms with E-state index in [0.717, 1.165) is 0 Å². The van der Waals surface area contributed by atoms with Gasteiger partial charge in [-0.1, -0.05) is 0 Å². The van der Waals surface area contributed by atoms with E-state index in [-0.39, 0.29) is 24.5 Å². The van der Waals surface area contributed by atoms with Crippen molar-refractivity contribution in [1.29, 1.82) is 0 Å². The maximum Gasteiger partial charge on any atom is 0.409 e. The van der Waals surface area contributed by atoms with Crippen LogP contribution in [0.3, 0.4) is 0 Å². The molecule has 124 valence electrons. The fraction of sp³-hybridized carbons (Fsp3) is 0.467. The molecule has 0 bridgehead atoms. The molecule has 8 heteroatoms. The normalized spacial score (nSPS) is 14.3. The number of carbonyl (C=O) groups is 3. The van der Waals surface area contributed by atoms with E-state index in [4.69, 9.17) is 4.74 Å². The zero-order valence-corrected chi connectivity index (χ0v) is 13.0. The van der Waals surface area contributed by atoms with Crippen LogP contribution in [0.4, 0.5) is 4.79 Å². The summed E-state index contributed by atoms with van der Waals surface area (Å²) >= 11 is 0. The van der Waals surface area contributed by atoms with Crippen molar-refractivity contribution in [3.63, 3.8) is 0 Å². The van der Waals surface area contributed by atoms with Gasteiger partial charge < -0.3 is 19.9 Å². The fourth-order valence-corrected chi connectivity index (χ4v) is 2.23. The van der Waals surface area contributed by atoms with Gasteiger partial charge in [0.2, 0.25) is 5.91 Å². The number of aromatic nitrogens is 1. The first-order valence-corrected chi connectivity index (χ1v) is 7.49. The SMILES string of the molecule is CCOC(=O)N1CCN(C(=O)CNC(=O)c2ccncc2)CC1. The van der Waals surface area contributed by atoms with Crippen LogP contribution in [0.1, 0.15) is 17.3 Å². The Bertz CT molecular complexity index is 556. The lowest BCUT2D eigenvalue weighted by atomic mass is 10.2. The van der Waals surface area contributed by atoms with Crippen LogP contribution in [0.5, 0.6) is 0 Å². The first kappa shape index (κ1) is 16.7. The predicted octanol–water partition coefficient (Wildman–Crippen LogP) is 0.112. The summed E-state index contributed by atoms with van der Waals surface area (Å²) in [6.07, 6.45) is 2.68. The Labute approximate surface area is 134 Å². The highest BCUT2D eigenvalue weighted by atomic mass is 16.6. The van der Waals surface area contributed by atoms with Crippen LogP contribution < -0.4 is 5.32 Å². The van der Waals surface area contributed by atoms with Crippen LogP contribution in [-0.4, -0.2) is 72.0 Å². The number of carbonyl (C=O) groups excluding carboxylic acids is 3. The summed E-state index contributed by atoms with van der Waals surface area (Å²) in [6, 6.07) is 3.16. The van der Waals surface area contributed by atoms with Gasteiger partial charge in [0.1, 0.15) is 0 Å². The highest BCUT2D eigenvalue weighted by Gasteiger charge is 2.24. The molecule has 1 aromatic rings. The molecule has 0 radical (unpaired) electrons. The number of nitrogens with one attached hydrogen (secondary N) is 1. The van der Waals surface area contributed by atoms with E-state index in [0.29, 0.717) is 38.3 Å². The van der Waals surface area contributed by atoms with Crippen molar-refractivity contribution in [2.75, 3.05) is 39.3 Å². The van der Waals surface area contributed by atoms with E-state index in [1.54, 1.807) is 28.9 Å². The average molecular weight is 320 g/mol. The molecule has 1 saturated heterocycles. The van der Waals surface area contributed by atoms with Gasteiger partial charge in [-0.25, -0.2) is 4.79 Å². The number of ether oxygens (including phenoxy) is 1. The number of hydrogen-bond acceptors (Lipinski definition) is 5. The molecule has 8 nitrogen and oxygen atoms in total. The Morgan fingerprint density at radius 3 is 2.35 bits per heavy atom. The van der Waals surface area contributed by atoms with Gasteiger partial charge in [0.25, 0.3) is 5.91 Å². The Morgan fingerprint density at radius 2 is 1.74 bits per heavy atom. The lowest BCUT2D eigenvalue weighted by Crippen LogP contribution is -2.52. The monoisotopic (exact) mass is 320 g/mol. The van der Waals surface area contributed by atoms with Crippen molar-refractivity contribution in [3.05, 3.63) is 30.1 Å². The van der Waals surface area contributed by atoms with Crippen molar-refractivity contribution in [2.24, 2.45) is 0 Å². The maximum absolute atomic E-state index is 12.1. The van der Waals surface area contributed by atoms with Gasteiger partial charge in [0, 0.05) is 44.1 Å². The zero-order valence-electron chi connectivity index (χ0n) is 13.0. The molecule has 1 aromatic heterocycles. The maximum atomic E-state index is 12.1. The minimum atomic E-state index is -0.356. The number of amides is 3. The highest BCUT2D eigenvalue weighted by Crippen LogP contribution is 2.04. The van der Waals surface area contributed by atoms with Crippen molar-refractivity contribution >= 4 is 17.9 Å². The molecule has 0 unspecified atom stereocenters. The summed E-state index contributed by atoms with van der Waals surface area (Å²) in [7, 11) is 0. The Kier molecular flexibility index (Phi) is 5.90. The molecule has 0 saturated carbocycles. The van der Waals surface area contributed by atoms with Gasteiger partial charge in [0.05, 0.1) is 13.2 Å². The van der Waals surface area contributed by atoms with Crippen LogP contribution in [0.25, 0.3) is 0 Å². The van der Waals surface area contributed by atoms with E-state index < -0.39 is 0 Å². The van der Waals surface area contributed by atoms with Crippen molar-refractivity contribution in [2.45, 2.75) is 6.92 Å². The van der Waals surface area contributed by atoms with Crippen molar-refractivity contribution in [1.82, 2.24) is 20.1 Å². The Morgan fingerprint density at radius 1 is 1.13 bits per heavy atom. The highest BCUT2D eigenvalue weighted by molar-refractivity contribution is 5.96. The molecule has 1 N–H and O–H groups in total. The molecule has 0 aliphatic carbocycles. The minimum absolute atomic E-state index is 0.0689. The van der Waals surface area contributed by atoms with E-state index >= 15 is 0 Å². The second-order valence-corrected chi connectivity index (χ2v) is 4.99.